The van der Waals surface area contributed by atoms with Crippen LogP contribution in [-0.4, -0.2) is 21.5 Å². The van der Waals surface area contributed by atoms with Crippen LogP contribution in [0.4, 0.5) is 5.69 Å². The van der Waals surface area contributed by atoms with Crippen molar-refractivity contribution in [3.63, 3.8) is 0 Å². The number of hydrogen-bond donors (Lipinski definition) is 1. The quantitative estimate of drug-likeness (QED) is 0.472. The summed E-state index contributed by atoms with van der Waals surface area (Å²) >= 11 is 0. The first kappa shape index (κ1) is 19.3. The number of ketones is 1. The van der Waals surface area contributed by atoms with Gasteiger partial charge in [-0.15, -0.1) is 0 Å². The van der Waals surface area contributed by atoms with Gasteiger partial charge in [0.2, 0.25) is 0 Å². The van der Waals surface area contributed by atoms with E-state index in [9.17, 15) is 9.59 Å². The summed E-state index contributed by atoms with van der Waals surface area (Å²) in [7, 11) is 0. The van der Waals surface area contributed by atoms with E-state index < -0.39 is 0 Å². The van der Waals surface area contributed by atoms with Crippen LogP contribution >= 0.6 is 0 Å². The van der Waals surface area contributed by atoms with Crippen LogP contribution < -0.4 is 5.32 Å². The van der Waals surface area contributed by atoms with E-state index >= 15 is 0 Å². The zero-order valence-electron chi connectivity index (χ0n) is 16.6. The lowest BCUT2D eigenvalue weighted by atomic mass is 10.0. The summed E-state index contributed by atoms with van der Waals surface area (Å²) in [6, 6.07) is 25.8. The monoisotopic (exact) mass is 395 g/mol. The fourth-order valence-electron chi connectivity index (χ4n) is 3.39. The smallest absolute Gasteiger partial charge is 0.259 e. The molecule has 4 rings (SSSR count). The molecule has 0 aliphatic carbocycles. The fourth-order valence-corrected chi connectivity index (χ4v) is 3.39. The third-order valence-corrected chi connectivity index (χ3v) is 4.87. The van der Waals surface area contributed by atoms with Crippen molar-refractivity contribution in [3.8, 4) is 5.69 Å². The van der Waals surface area contributed by atoms with Crippen LogP contribution in [0.15, 0.2) is 91.1 Å². The van der Waals surface area contributed by atoms with Crippen LogP contribution in [-0.2, 0) is 6.42 Å². The van der Waals surface area contributed by atoms with Crippen molar-refractivity contribution in [2.75, 3.05) is 5.32 Å². The molecule has 0 spiro atoms. The fraction of sp³-hybridized carbons (Fsp3) is 0.0800. The summed E-state index contributed by atoms with van der Waals surface area (Å²) < 4.78 is 1.78. The Morgan fingerprint density at radius 2 is 1.53 bits per heavy atom. The molecule has 0 aliphatic heterocycles. The molecule has 30 heavy (non-hydrogen) atoms. The number of anilines is 1. The van der Waals surface area contributed by atoms with Crippen LogP contribution in [0.5, 0.6) is 0 Å². The molecule has 0 atom stereocenters. The number of nitrogens with one attached hydrogen (secondary N) is 1. The van der Waals surface area contributed by atoms with Gasteiger partial charge in [0.25, 0.3) is 5.91 Å². The molecule has 0 saturated heterocycles. The Balaban J connectivity index is 1.58. The highest BCUT2D eigenvalue weighted by Gasteiger charge is 2.18. The van der Waals surface area contributed by atoms with Crippen molar-refractivity contribution in [1.82, 2.24) is 9.78 Å². The first-order valence-corrected chi connectivity index (χ1v) is 9.81. The molecule has 1 aromatic heterocycles. The molecule has 0 aliphatic rings. The number of rotatable bonds is 6. The van der Waals surface area contributed by atoms with E-state index in [0.717, 1.165) is 11.4 Å². The molecule has 3 aromatic carbocycles. The van der Waals surface area contributed by atoms with Gasteiger partial charge in [-0.25, -0.2) is 4.68 Å². The molecule has 0 fully saturated rings. The van der Waals surface area contributed by atoms with E-state index in [0.29, 0.717) is 28.8 Å². The first-order chi connectivity index (χ1) is 14.7. The zero-order valence-corrected chi connectivity index (χ0v) is 16.6. The maximum atomic E-state index is 12.9. The van der Waals surface area contributed by atoms with Gasteiger partial charge in [-0.3, -0.25) is 9.59 Å². The molecule has 148 valence electrons. The van der Waals surface area contributed by atoms with Gasteiger partial charge in [-0.2, -0.15) is 5.10 Å². The molecule has 0 radical (unpaired) electrons. The Morgan fingerprint density at radius 1 is 0.867 bits per heavy atom. The van der Waals surface area contributed by atoms with E-state index in [2.05, 4.69) is 10.4 Å². The molecule has 0 bridgehead atoms. The van der Waals surface area contributed by atoms with E-state index in [1.807, 2.05) is 55.5 Å². The lowest BCUT2D eigenvalue weighted by Crippen LogP contribution is -2.14. The van der Waals surface area contributed by atoms with Crippen molar-refractivity contribution in [2.24, 2.45) is 0 Å². The molecule has 4 aromatic rings. The summed E-state index contributed by atoms with van der Waals surface area (Å²) in [4.78, 5) is 25.6. The molecule has 1 amide bonds. The average molecular weight is 395 g/mol. The van der Waals surface area contributed by atoms with E-state index in [4.69, 9.17) is 0 Å². The van der Waals surface area contributed by atoms with Gasteiger partial charge in [-0.05, 0) is 30.7 Å². The number of carbonyl (C=O) groups is 2. The van der Waals surface area contributed by atoms with Crippen molar-refractivity contribution < 1.29 is 9.59 Å². The minimum Gasteiger partial charge on any atom is -0.322 e. The van der Waals surface area contributed by atoms with E-state index in [1.54, 1.807) is 47.3 Å². The van der Waals surface area contributed by atoms with E-state index in [-0.39, 0.29) is 11.7 Å². The summed E-state index contributed by atoms with van der Waals surface area (Å²) in [5, 5.41) is 7.31. The summed E-state index contributed by atoms with van der Waals surface area (Å²) in [5.41, 5.74) is 3.95. The minimum atomic E-state index is -0.252. The van der Waals surface area contributed by atoms with Crippen molar-refractivity contribution in [1.29, 1.82) is 0 Å². The normalized spacial score (nSPS) is 10.6. The van der Waals surface area contributed by atoms with Gasteiger partial charge in [0.05, 0.1) is 23.1 Å². The Morgan fingerprint density at radius 3 is 2.23 bits per heavy atom. The van der Waals surface area contributed by atoms with Gasteiger partial charge in [0.15, 0.2) is 5.78 Å². The molecule has 5 nitrogen and oxygen atoms in total. The van der Waals surface area contributed by atoms with Crippen LogP contribution in [0.3, 0.4) is 0 Å². The maximum Gasteiger partial charge on any atom is 0.259 e. The largest absolute Gasteiger partial charge is 0.322 e. The van der Waals surface area contributed by atoms with Crippen LogP contribution in [0.2, 0.25) is 0 Å². The second-order valence-corrected chi connectivity index (χ2v) is 6.84. The highest BCUT2D eigenvalue weighted by atomic mass is 16.1. The average Bonchev–Trinajstić information content (AvgIpc) is 3.24. The van der Waals surface area contributed by atoms with Crippen LogP contribution in [0.1, 0.15) is 38.9 Å². The van der Waals surface area contributed by atoms with Gasteiger partial charge in [0, 0.05) is 16.8 Å². The highest BCUT2D eigenvalue weighted by molar-refractivity contribution is 6.10. The lowest BCUT2D eigenvalue weighted by molar-refractivity contribution is 0.102. The summed E-state index contributed by atoms with van der Waals surface area (Å²) in [6.07, 6.45) is 2.24. The van der Waals surface area contributed by atoms with Crippen molar-refractivity contribution in [3.05, 3.63) is 114 Å². The number of aromatic nitrogens is 2. The van der Waals surface area contributed by atoms with Gasteiger partial charge >= 0.3 is 0 Å². The number of nitrogens with zero attached hydrogens (tertiary/aromatic N) is 2. The van der Waals surface area contributed by atoms with E-state index in [1.165, 1.54) is 0 Å². The molecule has 0 unspecified atom stereocenters. The predicted octanol–water partition coefficient (Wildman–Crippen LogP) is 4.92. The zero-order chi connectivity index (χ0) is 20.9. The predicted molar refractivity (Wildman–Crippen MR) is 117 cm³/mol. The summed E-state index contributed by atoms with van der Waals surface area (Å²) in [6.45, 7) is 1.99. The Bertz CT molecular complexity index is 1180. The third-order valence-electron chi connectivity index (χ3n) is 4.87. The number of hydrogen-bond acceptors (Lipinski definition) is 3. The molecular weight excluding hydrogens is 374 g/mol. The molecular formula is C25H21N3O2. The van der Waals surface area contributed by atoms with Gasteiger partial charge in [0.1, 0.15) is 0 Å². The molecule has 1 N–H and O–H groups in total. The Hall–Kier alpha value is -3.99. The lowest BCUT2D eigenvalue weighted by Gasteiger charge is -2.09. The van der Waals surface area contributed by atoms with Crippen molar-refractivity contribution >= 4 is 17.4 Å². The maximum absolute atomic E-state index is 12.9. The number of amides is 1. The molecule has 0 saturated carbocycles. The van der Waals surface area contributed by atoms with Gasteiger partial charge < -0.3 is 5.32 Å². The topological polar surface area (TPSA) is 64.0 Å². The van der Waals surface area contributed by atoms with Gasteiger partial charge in [-0.1, -0.05) is 67.6 Å². The second-order valence-electron chi connectivity index (χ2n) is 6.84. The SMILES string of the molecule is CCc1c(C(=O)Nc2cccc(C(=O)c3ccccc3)c2)cnn1-c1ccccc1. The second kappa shape index (κ2) is 8.57. The van der Waals surface area contributed by atoms with Crippen LogP contribution in [0, 0.1) is 0 Å². The third kappa shape index (κ3) is 3.91. The Labute approximate surface area is 175 Å². The number of carbonyl (C=O) groups excluding carboxylic acids is 2. The number of benzene rings is 3. The van der Waals surface area contributed by atoms with Crippen molar-refractivity contribution in [2.45, 2.75) is 13.3 Å². The minimum absolute atomic E-state index is 0.0853. The highest BCUT2D eigenvalue weighted by Crippen LogP contribution is 2.19. The molecule has 5 heteroatoms. The number of para-hydroxylation sites is 1. The Kier molecular flexibility index (Phi) is 5.52. The summed E-state index contributed by atoms with van der Waals surface area (Å²) in [5.74, 6) is -0.337. The standard InChI is InChI=1S/C25H21N3O2/c1-2-23-22(17-26-28(23)21-14-7-4-8-15-21)25(30)27-20-13-9-12-19(16-20)24(29)18-10-5-3-6-11-18/h3-17H,2H2,1H3,(H,27,30). The van der Waals surface area contributed by atoms with Crippen LogP contribution in [0.25, 0.3) is 5.69 Å². The first-order valence-electron chi connectivity index (χ1n) is 9.81. The molecule has 1 heterocycles.